The van der Waals surface area contributed by atoms with Crippen LogP contribution in [0.25, 0.3) is 99.5 Å². The number of hydrogen-bond donors (Lipinski definition) is 0. The molecule has 0 atom stereocenters. The summed E-state index contributed by atoms with van der Waals surface area (Å²) in [5, 5.41) is 5.00. The number of rotatable bonds is 6. The molecule has 0 saturated carbocycles. The van der Waals surface area contributed by atoms with Gasteiger partial charge in [0.15, 0.2) is 0 Å². The summed E-state index contributed by atoms with van der Waals surface area (Å²) in [6.45, 7) is 0. The van der Waals surface area contributed by atoms with Crippen LogP contribution in [0.1, 0.15) is 0 Å². The minimum Gasteiger partial charge on any atom is -0.309 e. The summed E-state index contributed by atoms with van der Waals surface area (Å²) in [5.41, 5.74) is 16.8. The minimum atomic E-state index is 1.15. The smallest absolute Gasteiger partial charge is 0.0547 e. The first kappa shape index (κ1) is 32.0. The third-order valence-corrected chi connectivity index (χ3v) is 11.3. The van der Waals surface area contributed by atoms with E-state index in [1.54, 1.807) is 0 Å². The van der Waals surface area contributed by atoms with Gasteiger partial charge in [-0.25, -0.2) is 0 Å². The molecule has 0 saturated heterocycles. The Kier molecular flexibility index (Phi) is 7.53. The highest BCUT2D eigenvalue weighted by atomic mass is 15.0. The number of para-hydroxylation sites is 2. The predicted molar refractivity (Wildman–Crippen MR) is 237 cm³/mol. The van der Waals surface area contributed by atoms with Crippen LogP contribution in [0, 0.1) is 0 Å². The molecule has 9 aromatic carbocycles. The van der Waals surface area contributed by atoms with Crippen molar-refractivity contribution in [3.63, 3.8) is 0 Å². The lowest BCUT2D eigenvalue weighted by atomic mass is 9.98. The van der Waals surface area contributed by atoms with Crippen molar-refractivity contribution in [3.05, 3.63) is 218 Å². The summed E-state index contributed by atoms with van der Waals surface area (Å²) < 4.78 is 4.86. The minimum absolute atomic E-state index is 1.15. The third kappa shape index (κ3) is 5.26. The Bertz CT molecular complexity index is 3220. The van der Waals surface area contributed by atoms with Gasteiger partial charge in [-0.2, -0.15) is 0 Å². The highest BCUT2D eigenvalue weighted by molar-refractivity contribution is 6.17. The zero-order chi connectivity index (χ0) is 37.0. The molecule has 0 aliphatic heterocycles. The molecule has 2 heteroatoms. The molecule has 0 amide bonds. The molecule has 0 unspecified atom stereocenters. The quantitative estimate of drug-likeness (QED) is 0.162. The Morgan fingerprint density at radius 1 is 0.232 bits per heavy atom. The van der Waals surface area contributed by atoms with Crippen molar-refractivity contribution < 1.29 is 0 Å². The van der Waals surface area contributed by atoms with E-state index in [1.165, 1.54) is 88.1 Å². The van der Waals surface area contributed by atoms with E-state index in [9.17, 15) is 0 Å². The molecule has 2 aromatic heterocycles. The molecule has 0 aliphatic rings. The van der Waals surface area contributed by atoms with Crippen molar-refractivity contribution in [2.45, 2.75) is 0 Å². The van der Waals surface area contributed by atoms with Crippen molar-refractivity contribution >= 4 is 43.6 Å². The van der Waals surface area contributed by atoms with E-state index in [4.69, 9.17) is 0 Å². The summed E-state index contributed by atoms with van der Waals surface area (Å²) in [6, 6.07) is 79.4. The molecule has 2 heterocycles. The zero-order valence-electron chi connectivity index (χ0n) is 30.7. The zero-order valence-corrected chi connectivity index (χ0v) is 30.7. The normalized spacial score (nSPS) is 11.6. The van der Waals surface area contributed by atoms with Crippen LogP contribution in [0.4, 0.5) is 0 Å². The maximum absolute atomic E-state index is 2.43. The fourth-order valence-corrected chi connectivity index (χ4v) is 8.72. The number of aromatic nitrogens is 2. The Labute approximate surface area is 325 Å². The van der Waals surface area contributed by atoms with Gasteiger partial charge in [-0.1, -0.05) is 170 Å². The average molecular weight is 713 g/mol. The van der Waals surface area contributed by atoms with Crippen LogP contribution >= 0.6 is 0 Å². The highest BCUT2D eigenvalue weighted by Crippen LogP contribution is 2.41. The Morgan fingerprint density at radius 3 is 1.32 bits per heavy atom. The van der Waals surface area contributed by atoms with E-state index in [0.29, 0.717) is 0 Å². The molecule has 11 rings (SSSR count). The fraction of sp³-hybridized carbons (Fsp3) is 0. The monoisotopic (exact) mass is 712 g/mol. The largest absolute Gasteiger partial charge is 0.309 e. The van der Waals surface area contributed by atoms with Crippen LogP contribution in [0.15, 0.2) is 218 Å². The van der Waals surface area contributed by atoms with E-state index in [-0.39, 0.29) is 0 Å². The Hall–Kier alpha value is -7.42. The number of nitrogens with zero attached hydrogens (tertiary/aromatic N) is 2. The van der Waals surface area contributed by atoms with Crippen LogP contribution < -0.4 is 0 Å². The van der Waals surface area contributed by atoms with Crippen LogP contribution in [0.2, 0.25) is 0 Å². The van der Waals surface area contributed by atoms with Crippen molar-refractivity contribution in [1.82, 2.24) is 9.13 Å². The standard InChI is InChI=1S/C54H36N2/c1-3-14-37(15-4-1)39-28-30-40(31-29-39)42-19-12-20-44(35-42)55-51-26-10-8-23-49(51)54-46(24-13-27-52(54)55)43-32-33-48-47-22-7-9-25-50(47)56(53(48)36-43)45-21-11-18-41(34-45)38-16-5-2-6-17-38/h1-36H. The van der Waals surface area contributed by atoms with Crippen molar-refractivity contribution in [3.8, 4) is 55.9 Å². The molecule has 262 valence electrons. The van der Waals surface area contributed by atoms with Gasteiger partial charge in [-0.15, -0.1) is 0 Å². The summed E-state index contributed by atoms with van der Waals surface area (Å²) in [7, 11) is 0. The molecule has 0 radical (unpaired) electrons. The van der Waals surface area contributed by atoms with Gasteiger partial charge >= 0.3 is 0 Å². The molecule has 11 aromatic rings. The summed E-state index contributed by atoms with van der Waals surface area (Å²) in [6.07, 6.45) is 0. The summed E-state index contributed by atoms with van der Waals surface area (Å²) >= 11 is 0. The van der Waals surface area contributed by atoms with E-state index in [2.05, 4.69) is 228 Å². The summed E-state index contributed by atoms with van der Waals surface area (Å²) in [4.78, 5) is 0. The van der Waals surface area contributed by atoms with Gasteiger partial charge in [0, 0.05) is 32.9 Å². The Morgan fingerprint density at radius 2 is 0.661 bits per heavy atom. The maximum Gasteiger partial charge on any atom is 0.0547 e. The second kappa shape index (κ2) is 13.2. The van der Waals surface area contributed by atoms with Crippen LogP contribution in [0.3, 0.4) is 0 Å². The van der Waals surface area contributed by atoms with E-state index in [1.807, 2.05) is 0 Å². The first-order valence-electron chi connectivity index (χ1n) is 19.3. The summed E-state index contributed by atoms with van der Waals surface area (Å²) in [5.74, 6) is 0. The molecular formula is C54H36N2. The third-order valence-electron chi connectivity index (χ3n) is 11.3. The van der Waals surface area contributed by atoms with Crippen molar-refractivity contribution in [2.75, 3.05) is 0 Å². The van der Waals surface area contributed by atoms with Gasteiger partial charge in [-0.3, -0.25) is 0 Å². The molecule has 0 aliphatic carbocycles. The number of benzene rings is 9. The first-order valence-corrected chi connectivity index (χ1v) is 19.3. The van der Waals surface area contributed by atoms with E-state index >= 15 is 0 Å². The first-order chi connectivity index (χ1) is 27.8. The molecular weight excluding hydrogens is 677 g/mol. The molecule has 56 heavy (non-hydrogen) atoms. The Balaban J connectivity index is 1.07. The van der Waals surface area contributed by atoms with Crippen LogP contribution in [-0.2, 0) is 0 Å². The van der Waals surface area contributed by atoms with Gasteiger partial charge in [0.05, 0.1) is 22.1 Å². The molecule has 0 bridgehead atoms. The van der Waals surface area contributed by atoms with Gasteiger partial charge in [0.2, 0.25) is 0 Å². The van der Waals surface area contributed by atoms with Crippen molar-refractivity contribution in [1.29, 1.82) is 0 Å². The topological polar surface area (TPSA) is 9.86 Å². The predicted octanol–water partition coefficient (Wildman–Crippen LogP) is 14.5. The SMILES string of the molecule is c1ccc(-c2ccc(-c3cccc(-n4c5ccccc5c5c(-c6ccc7c8ccccc8n(-c8cccc(-c9ccccc9)c8)c7c6)cccc54)c3)cc2)cc1. The molecule has 0 fully saturated rings. The van der Waals surface area contributed by atoms with Crippen LogP contribution in [0.5, 0.6) is 0 Å². The van der Waals surface area contributed by atoms with Gasteiger partial charge in [0.25, 0.3) is 0 Å². The van der Waals surface area contributed by atoms with Gasteiger partial charge in [-0.05, 0) is 93.0 Å². The lowest BCUT2D eigenvalue weighted by Crippen LogP contribution is -1.95. The average Bonchev–Trinajstić information content (AvgIpc) is 3.80. The van der Waals surface area contributed by atoms with E-state index in [0.717, 1.165) is 11.4 Å². The molecule has 2 nitrogen and oxygen atoms in total. The number of hydrogen-bond acceptors (Lipinski definition) is 0. The second-order valence-electron chi connectivity index (χ2n) is 14.5. The van der Waals surface area contributed by atoms with Gasteiger partial charge in [0.1, 0.15) is 0 Å². The fourth-order valence-electron chi connectivity index (χ4n) is 8.72. The lowest BCUT2D eigenvalue weighted by molar-refractivity contribution is 1.18. The van der Waals surface area contributed by atoms with Crippen LogP contribution in [-0.4, -0.2) is 9.13 Å². The highest BCUT2D eigenvalue weighted by Gasteiger charge is 2.19. The number of fused-ring (bicyclic) bond motifs is 6. The molecule has 0 spiro atoms. The maximum atomic E-state index is 2.43. The van der Waals surface area contributed by atoms with Gasteiger partial charge < -0.3 is 9.13 Å². The van der Waals surface area contributed by atoms with Crippen molar-refractivity contribution in [2.24, 2.45) is 0 Å². The molecule has 0 N–H and O–H groups in total. The second-order valence-corrected chi connectivity index (χ2v) is 14.5. The van der Waals surface area contributed by atoms with E-state index < -0.39 is 0 Å². The lowest BCUT2D eigenvalue weighted by Gasteiger charge is -2.12.